The molecule has 0 bridgehead atoms. The minimum atomic E-state index is -0.0225. The molecule has 0 saturated carbocycles. The molecule has 2 aromatic rings. The summed E-state index contributed by atoms with van der Waals surface area (Å²) in [5, 5.41) is 8.82. The summed E-state index contributed by atoms with van der Waals surface area (Å²) in [4.78, 5) is 24.9. The van der Waals surface area contributed by atoms with Crippen LogP contribution in [0.2, 0.25) is 0 Å². The van der Waals surface area contributed by atoms with Crippen LogP contribution >= 0.6 is 0 Å². The summed E-state index contributed by atoms with van der Waals surface area (Å²) < 4.78 is 5.12. The van der Waals surface area contributed by atoms with Crippen molar-refractivity contribution in [2.24, 2.45) is 0 Å². The third-order valence-corrected chi connectivity index (χ3v) is 3.94. The Morgan fingerprint density at radius 1 is 1.17 bits per heavy atom. The molecule has 1 aliphatic heterocycles. The summed E-state index contributed by atoms with van der Waals surface area (Å²) in [5.74, 6) is 1.11. The minimum Gasteiger partial charge on any atom is -0.481 e. The second kappa shape index (κ2) is 6.96. The normalized spacial score (nSPS) is 14.2. The SMILES string of the molecule is COc1ccnc(N2CCN(C(=O)c3ccc(C#N)cc3)CC2)n1. The molecule has 0 spiro atoms. The quantitative estimate of drug-likeness (QED) is 0.847. The van der Waals surface area contributed by atoms with Gasteiger partial charge in [-0.15, -0.1) is 0 Å². The van der Waals surface area contributed by atoms with Crippen molar-refractivity contribution in [1.29, 1.82) is 5.26 Å². The van der Waals surface area contributed by atoms with Crippen LogP contribution < -0.4 is 9.64 Å². The molecule has 1 fully saturated rings. The third kappa shape index (κ3) is 3.27. The van der Waals surface area contributed by atoms with E-state index in [4.69, 9.17) is 10.00 Å². The van der Waals surface area contributed by atoms with Gasteiger partial charge in [-0.05, 0) is 24.3 Å². The van der Waals surface area contributed by atoms with Crippen LogP contribution in [0, 0.1) is 11.3 Å². The maximum absolute atomic E-state index is 12.5. The van der Waals surface area contributed by atoms with Gasteiger partial charge in [0.1, 0.15) is 0 Å². The van der Waals surface area contributed by atoms with Crippen LogP contribution in [0.25, 0.3) is 0 Å². The number of nitrogens with zero attached hydrogens (tertiary/aromatic N) is 5. The first-order valence-corrected chi connectivity index (χ1v) is 7.62. The first-order chi connectivity index (χ1) is 11.7. The van der Waals surface area contributed by atoms with E-state index in [1.54, 1.807) is 48.5 Å². The zero-order valence-electron chi connectivity index (χ0n) is 13.3. The number of carbonyl (C=O) groups is 1. The average molecular weight is 323 g/mol. The molecular formula is C17H17N5O2. The van der Waals surface area contributed by atoms with E-state index < -0.39 is 0 Å². The standard InChI is InChI=1S/C17H17N5O2/c1-24-15-6-7-19-17(20-15)22-10-8-21(9-11-22)16(23)14-4-2-13(12-18)3-5-14/h2-7H,8-11H2,1H3. The average Bonchev–Trinajstić information content (AvgIpc) is 2.67. The number of hydrogen-bond acceptors (Lipinski definition) is 6. The molecule has 122 valence electrons. The van der Waals surface area contributed by atoms with Gasteiger partial charge in [-0.25, -0.2) is 4.98 Å². The van der Waals surface area contributed by atoms with Crippen molar-refractivity contribution in [3.8, 4) is 11.9 Å². The fraction of sp³-hybridized carbons (Fsp3) is 0.294. The van der Waals surface area contributed by atoms with Crippen molar-refractivity contribution in [3.63, 3.8) is 0 Å². The third-order valence-electron chi connectivity index (χ3n) is 3.94. The van der Waals surface area contributed by atoms with E-state index >= 15 is 0 Å². The maximum atomic E-state index is 12.5. The van der Waals surface area contributed by atoms with Gasteiger partial charge >= 0.3 is 0 Å². The van der Waals surface area contributed by atoms with Crippen LogP contribution in [0.1, 0.15) is 15.9 Å². The van der Waals surface area contributed by atoms with Crippen molar-refractivity contribution >= 4 is 11.9 Å². The maximum Gasteiger partial charge on any atom is 0.253 e. The van der Waals surface area contributed by atoms with Gasteiger partial charge in [0.15, 0.2) is 0 Å². The molecule has 24 heavy (non-hydrogen) atoms. The fourth-order valence-corrected chi connectivity index (χ4v) is 2.58. The molecular weight excluding hydrogens is 306 g/mol. The molecule has 3 rings (SSSR count). The lowest BCUT2D eigenvalue weighted by molar-refractivity contribution is 0.0746. The van der Waals surface area contributed by atoms with Gasteiger partial charge in [0.2, 0.25) is 11.8 Å². The van der Waals surface area contributed by atoms with E-state index in [1.165, 1.54) is 0 Å². The molecule has 7 heteroatoms. The Labute approximate surface area is 140 Å². The van der Waals surface area contributed by atoms with E-state index in [0.717, 1.165) is 0 Å². The van der Waals surface area contributed by atoms with Crippen molar-refractivity contribution in [2.75, 3.05) is 38.2 Å². The summed E-state index contributed by atoms with van der Waals surface area (Å²) in [6, 6.07) is 10.5. The van der Waals surface area contributed by atoms with Gasteiger partial charge in [0.25, 0.3) is 5.91 Å². The Kier molecular flexibility index (Phi) is 4.57. The van der Waals surface area contributed by atoms with Crippen molar-refractivity contribution < 1.29 is 9.53 Å². The van der Waals surface area contributed by atoms with Crippen LogP contribution in [0.4, 0.5) is 5.95 Å². The molecule has 0 aliphatic carbocycles. The predicted molar refractivity (Wildman–Crippen MR) is 87.9 cm³/mol. The smallest absolute Gasteiger partial charge is 0.253 e. The number of piperazine rings is 1. The molecule has 0 unspecified atom stereocenters. The van der Waals surface area contributed by atoms with E-state index in [0.29, 0.717) is 49.1 Å². The number of benzene rings is 1. The van der Waals surface area contributed by atoms with Crippen molar-refractivity contribution in [3.05, 3.63) is 47.7 Å². The molecule has 1 aromatic carbocycles. The number of ether oxygens (including phenoxy) is 1. The van der Waals surface area contributed by atoms with Crippen molar-refractivity contribution in [2.45, 2.75) is 0 Å². The van der Waals surface area contributed by atoms with Crippen LogP contribution in [-0.2, 0) is 0 Å². The van der Waals surface area contributed by atoms with Gasteiger partial charge in [-0.2, -0.15) is 10.2 Å². The topological polar surface area (TPSA) is 82.4 Å². The van der Waals surface area contributed by atoms with Gasteiger partial charge in [-0.1, -0.05) is 0 Å². The molecule has 1 aliphatic rings. The monoisotopic (exact) mass is 323 g/mol. The lowest BCUT2D eigenvalue weighted by Gasteiger charge is -2.34. The number of nitriles is 1. The lowest BCUT2D eigenvalue weighted by atomic mass is 10.1. The summed E-state index contributed by atoms with van der Waals surface area (Å²) in [5.41, 5.74) is 1.15. The van der Waals surface area contributed by atoms with Crippen LogP contribution in [0.15, 0.2) is 36.5 Å². The molecule has 2 heterocycles. The molecule has 7 nitrogen and oxygen atoms in total. The van der Waals surface area contributed by atoms with E-state index in [-0.39, 0.29) is 5.91 Å². The number of rotatable bonds is 3. The molecule has 1 aromatic heterocycles. The lowest BCUT2D eigenvalue weighted by Crippen LogP contribution is -2.49. The number of hydrogen-bond donors (Lipinski definition) is 0. The van der Waals surface area contributed by atoms with Gasteiger partial charge in [0, 0.05) is 44.0 Å². The zero-order valence-corrected chi connectivity index (χ0v) is 13.3. The molecule has 1 amide bonds. The number of methoxy groups -OCH3 is 1. The summed E-state index contributed by atoms with van der Waals surface area (Å²) in [6.45, 7) is 2.52. The van der Waals surface area contributed by atoms with Gasteiger partial charge in [0.05, 0.1) is 18.7 Å². The van der Waals surface area contributed by atoms with E-state index in [2.05, 4.69) is 16.0 Å². The highest BCUT2D eigenvalue weighted by molar-refractivity contribution is 5.94. The van der Waals surface area contributed by atoms with Gasteiger partial charge in [-0.3, -0.25) is 4.79 Å². The highest BCUT2D eigenvalue weighted by atomic mass is 16.5. The molecule has 0 atom stereocenters. The Balaban J connectivity index is 1.63. The zero-order chi connectivity index (χ0) is 16.9. The van der Waals surface area contributed by atoms with Crippen LogP contribution in [-0.4, -0.2) is 54.1 Å². The van der Waals surface area contributed by atoms with Crippen molar-refractivity contribution in [1.82, 2.24) is 14.9 Å². The number of anilines is 1. The highest BCUT2D eigenvalue weighted by Crippen LogP contribution is 2.16. The number of amides is 1. The van der Waals surface area contributed by atoms with E-state index in [9.17, 15) is 4.79 Å². The van der Waals surface area contributed by atoms with Gasteiger partial charge < -0.3 is 14.5 Å². The predicted octanol–water partition coefficient (Wildman–Crippen LogP) is 1.32. The second-order valence-electron chi connectivity index (χ2n) is 5.37. The Bertz CT molecular complexity index is 761. The number of carbonyl (C=O) groups excluding carboxylic acids is 1. The fourth-order valence-electron chi connectivity index (χ4n) is 2.58. The Hall–Kier alpha value is -3.14. The second-order valence-corrected chi connectivity index (χ2v) is 5.37. The Morgan fingerprint density at radius 2 is 1.88 bits per heavy atom. The summed E-state index contributed by atoms with van der Waals surface area (Å²) in [6.07, 6.45) is 1.66. The number of aromatic nitrogens is 2. The first kappa shape index (κ1) is 15.7. The summed E-state index contributed by atoms with van der Waals surface area (Å²) >= 11 is 0. The Morgan fingerprint density at radius 3 is 2.50 bits per heavy atom. The largest absolute Gasteiger partial charge is 0.481 e. The molecule has 0 N–H and O–H groups in total. The summed E-state index contributed by atoms with van der Waals surface area (Å²) in [7, 11) is 1.57. The van der Waals surface area contributed by atoms with Crippen LogP contribution in [0.5, 0.6) is 5.88 Å². The van der Waals surface area contributed by atoms with Crippen LogP contribution in [0.3, 0.4) is 0 Å². The first-order valence-electron chi connectivity index (χ1n) is 7.62. The highest BCUT2D eigenvalue weighted by Gasteiger charge is 2.23. The van der Waals surface area contributed by atoms with E-state index in [1.807, 2.05) is 4.90 Å². The molecule has 1 saturated heterocycles. The minimum absolute atomic E-state index is 0.0225. The molecule has 0 radical (unpaired) electrons.